The molecule has 0 N–H and O–H groups in total. The van der Waals surface area contributed by atoms with Crippen molar-refractivity contribution in [3.8, 4) is 11.1 Å². The molecule has 3 nitrogen and oxygen atoms in total. The molecule has 0 spiro atoms. The van der Waals surface area contributed by atoms with Gasteiger partial charge in [-0.15, -0.1) is 0 Å². The number of nitrogens with zero attached hydrogens (tertiary/aromatic N) is 1. The normalized spacial score (nSPS) is 12.4. The topological polar surface area (TPSA) is 47.0 Å². The van der Waals surface area contributed by atoms with Crippen molar-refractivity contribution in [1.82, 2.24) is 4.98 Å². The van der Waals surface area contributed by atoms with Gasteiger partial charge in [0.1, 0.15) is 0 Å². The molecule has 2 rings (SSSR count). The predicted molar refractivity (Wildman–Crippen MR) is 81.5 cm³/mol. The summed E-state index contributed by atoms with van der Waals surface area (Å²) in [6.07, 6.45) is 4.25. The van der Waals surface area contributed by atoms with Crippen LogP contribution < -0.4 is 0 Å². The zero-order valence-corrected chi connectivity index (χ0v) is 13.0. The Morgan fingerprint density at radius 1 is 0.950 bits per heavy atom. The second kappa shape index (κ2) is 5.02. The van der Waals surface area contributed by atoms with Crippen LogP contribution >= 0.6 is 0 Å². The van der Waals surface area contributed by atoms with E-state index in [1.807, 2.05) is 12.1 Å². The highest BCUT2D eigenvalue weighted by molar-refractivity contribution is 7.90. The van der Waals surface area contributed by atoms with Crippen LogP contribution in [-0.2, 0) is 15.3 Å². The van der Waals surface area contributed by atoms with Gasteiger partial charge in [-0.2, -0.15) is 0 Å². The van der Waals surface area contributed by atoms with Crippen LogP contribution in [0.2, 0.25) is 0 Å². The summed E-state index contributed by atoms with van der Waals surface area (Å²) < 4.78 is 23.1. The van der Waals surface area contributed by atoms with Gasteiger partial charge in [-0.05, 0) is 22.6 Å². The SMILES string of the molecule is CC(C)(C)c1ccc(-c2cncc(S(C)(=O)=O)c2)cc1. The number of hydrogen-bond donors (Lipinski definition) is 0. The third-order valence-corrected chi connectivity index (χ3v) is 4.31. The predicted octanol–water partition coefficient (Wildman–Crippen LogP) is 3.45. The van der Waals surface area contributed by atoms with Crippen molar-refractivity contribution in [3.05, 3.63) is 48.3 Å². The highest BCUT2D eigenvalue weighted by atomic mass is 32.2. The number of hydrogen-bond acceptors (Lipinski definition) is 3. The molecule has 0 bridgehead atoms. The second-order valence-electron chi connectivity index (χ2n) is 6.01. The first-order chi connectivity index (χ1) is 9.18. The Labute approximate surface area is 120 Å². The van der Waals surface area contributed by atoms with E-state index in [1.165, 1.54) is 18.0 Å². The van der Waals surface area contributed by atoms with Gasteiger partial charge in [0.15, 0.2) is 9.84 Å². The summed E-state index contributed by atoms with van der Waals surface area (Å²) >= 11 is 0. The molecule has 0 saturated carbocycles. The minimum Gasteiger partial charge on any atom is -0.263 e. The number of rotatable bonds is 2. The van der Waals surface area contributed by atoms with Crippen molar-refractivity contribution in [2.75, 3.05) is 6.26 Å². The molecule has 0 amide bonds. The standard InChI is InChI=1S/C16H19NO2S/c1-16(2,3)14-7-5-12(6-8-14)13-9-15(11-17-10-13)20(4,18)19/h5-11H,1-4H3. The monoisotopic (exact) mass is 289 g/mol. The Kier molecular flexibility index (Phi) is 3.69. The summed E-state index contributed by atoms with van der Waals surface area (Å²) in [7, 11) is -3.23. The molecule has 0 unspecified atom stereocenters. The van der Waals surface area contributed by atoms with Gasteiger partial charge in [-0.3, -0.25) is 4.98 Å². The summed E-state index contributed by atoms with van der Waals surface area (Å²) in [5.74, 6) is 0. The zero-order chi connectivity index (χ0) is 15.0. The van der Waals surface area contributed by atoms with Gasteiger partial charge in [0.25, 0.3) is 0 Å². The summed E-state index contributed by atoms with van der Waals surface area (Å²) in [5, 5.41) is 0. The molecule has 1 aromatic carbocycles. The van der Waals surface area contributed by atoms with E-state index in [2.05, 4.69) is 37.9 Å². The smallest absolute Gasteiger partial charge is 0.177 e. The lowest BCUT2D eigenvalue weighted by molar-refractivity contribution is 0.590. The van der Waals surface area contributed by atoms with E-state index >= 15 is 0 Å². The molecule has 1 heterocycles. The van der Waals surface area contributed by atoms with Crippen molar-refractivity contribution in [2.45, 2.75) is 31.1 Å². The maximum atomic E-state index is 11.6. The van der Waals surface area contributed by atoms with Crippen molar-refractivity contribution in [1.29, 1.82) is 0 Å². The second-order valence-corrected chi connectivity index (χ2v) is 8.02. The van der Waals surface area contributed by atoms with Crippen molar-refractivity contribution in [3.63, 3.8) is 0 Å². The van der Waals surface area contributed by atoms with Crippen LogP contribution in [0.3, 0.4) is 0 Å². The third-order valence-electron chi connectivity index (χ3n) is 3.23. The molecule has 0 saturated heterocycles. The molecular weight excluding hydrogens is 270 g/mol. The Morgan fingerprint density at radius 2 is 1.55 bits per heavy atom. The fourth-order valence-electron chi connectivity index (χ4n) is 1.94. The average molecular weight is 289 g/mol. The van der Waals surface area contributed by atoms with Gasteiger partial charge in [-0.1, -0.05) is 45.0 Å². The molecular formula is C16H19NO2S. The molecule has 0 aliphatic heterocycles. The summed E-state index contributed by atoms with van der Waals surface area (Å²) in [6.45, 7) is 6.48. The highest BCUT2D eigenvalue weighted by Gasteiger charge is 2.14. The molecule has 0 aliphatic carbocycles. The first kappa shape index (κ1) is 14.7. The van der Waals surface area contributed by atoms with Gasteiger partial charge < -0.3 is 0 Å². The van der Waals surface area contributed by atoms with Crippen molar-refractivity contribution < 1.29 is 8.42 Å². The van der Waals surface area contributed by atoms with E-state index < -0.39 is 9.84 Å². The van der Waals surface area contributed by atoms with Gasteiger partial charge in [0.2, 0.25) is 0 Å². The molecule has 1 aromatic heterocycles. The first-order valence-electron chi connectivity index (χ1n) is 6.44. The quantitative estimate of drug-likeness (QED) is 0.850. The molecule has 2 aromatic rings. The number of aromatic nitrogens is 1. The summed E-state index contributed by atoms with van der Waals surface area (Å²) in [4.78, 5) is 4.26. The molecule has 0 fully saturated rings. The fourth-order valence-corrected chi connectivity index (χ4v) is 2.54. The molecule has 0 atom stereocenters. The average Bonchev–Trinajstić information content (AvgIpc) is 2.37. The van der Waals surface area contributed by atoms with Crippen molar-refractivity contribution in [2.24, 2.45) is 0 Å². The van der Waals surface area contributed by atoms with Crippen LogP contribution in [0.4, 0.5) is 0 Å². The third kappa shape index (κ3) is 3.25. The number of benzene rings is 1. The Morgan fingerprint density at radius 3 is 2.05 bits per heavy atom. The van der Waals surface area contributed by atoms with Crippen LogP contribution in [0.15, 0.2) is 47.6 Å². The van der Waals surface area contributed by atoms with E-state index in [1.54, 1.807) is 12.3 Å². The largest absolute Gasteiger partial charge is 0.263 e. The van der Waals surface area contributed by atoms with Crippen LogP contribution in [0.1, 0.15) is 26.3 Å². The number of sulfone groups is 1. The van der Waals surface area contributed by atoms with E-state index in [9.17, 15) is 8.42 Å². The van der Waals surface area contributed by atoms with E-state index in [0.29, 0.717) is 0 Å². The fraction of sp³-hybridized carbons (Fsp3) is 0.312. The Hall–Kier alpha value is -1.68. The van der Waals surface area contributed by atoms with Crippen LogP contribution in [-0.4, -0.2) is 19.7 Å². The van der Waals surface area contributed by atoms with E-state index in [4.69, 9.17) is 0 Å². The van der Waals surface area contributed by atoms with Crippen LogP contribution in [0, 0.1) is 0 Å². The maximum absolute atomic E-state index is 11.6. The molecule has 20 heavy (non-hydrogen) atoms. The molecule has 4 heteroatoms. The van der Waals surface area contributed by atoms with E-state index in [0.717, 1.165) is 11.1 Å². The molecule has 106 valence electrons. The summed E-state index contributed by atoms with van der Waals surface area (Å²) in [5.41, 5.74) is 3.13. The molecule has 0 radical (unpaired) electrons. The van der Waals surface area contributed by atoms with Crippen LogP contribution in [0.5, 0.6) is 0 Å². The zero-order valence-electron chi connectivity index (χ0n) is 12.2. The highest BCUT2D eigenvalue weighted by Crippen LogP contribution is 2.26. The van der Waals surface area contributed by atoms with Gasteiger partial charge in [0, 0.05) is 24.2 Å². The lowest BCUT2D eigenvalue weighted by atomic mass is 9.86. The number of pyridine rings is 1. The van der Waals surface area contributed by atoms with Crippen molar-refractivity contribution >= 4 is 9.84 Å². The maximum Gasteiger partial charge on any atom is 0.177 e. The van der Waals surface area contributed by atoms with Gasteiger partial charge >= 0.3 is 0 Å². The van der Waals surface area contributed by atoms with Crippen LogP contribution in [0.25, 0.3) is 11.1 Å². The van der Waals surface area contributed by atoms with Gasteiger partial charge in [-0.25, -0.2) is 8.42 Å². The summed E-state index contributed by atoms with van der Waals surface area (Å²) in [6, 6.07) is 9.81. The van der Waals surface area contributed by atoms with Gasteiger partial charge in [0.05, 0.1) is 4.90 Å². The Balaban J connectivity index is 2.43. The minimum absolute atomic E-state index is 0.103. The lowest BCUT2D eigenvalue weighted by Crippen LogP contribution is -2.10. The minimum atomic E-state index is -3.23. The van der Waals surface area contributed by atoms with E-state index in [-0.39, 0.29) is 10.3 Å². The lowest BCUT2D eigenvalue weighted by Gasteiger charge is -2.19. The first-order valence-corrected chi connectivity index (χ1v) is 8.33. The Bertz CT molecular complexity index is 711. The molecule has 0 aliphatic rings.